The summed E-state index contributed by atoms with van der Waals surface area (Å²) in [6.45, 7) is 7.84. The van der Waals surface area contributed by atoms with Crippen molar-refractivity contribution in [3.05, 3.63) is 12.2 Å². The first-order valence-corrected chi connectivity index (χ1v) is 9.97. The molecule has 0 aromatic rings. The topological polar surface area (TPSA) is 131 Å². The normalized spacial score (nSPS) is 28.8. The van der Waals surface area contributed by atoms with Crippen LogP contribution in [0.1, 0.15) is 41.0 Å². The van der Waals surface area contributed by atoms with Crippen LogP contribution < -0.4 is 10.6 Å². The molecule has 2 fully saturated rings. The molecule has 0 unspecified atom stereocenters. The van der Waals surface area contributed by atoms with Crippen LogP contribution in [-0.2, 0) is 28.8 Å². The van der Waals surface area contributed by atoms with Gasteiger partial charge in [0.25, 0.3) is 11.8 Å². The second-order valence-corrected chi connectivity index (χ2v) is 8.98. The summed E-state index contributed by atoms with van der Waals surface area (Å²) in [4.78, 5) is 66.5. The summed E-state index contributed by atoms with van der Waals surface area (Å²) in [5.74, 6) is -3.61. The predicted octanol–water partition coefficient (Wildman–Crippen LogP) is 0.670. The van der Waals surface area contributed by atoms with Crippen molar-refractivity contribution in [2.75, 3.05) is 0 Å². The molecule has 2 bridgehead atoms. The molecule has 1 heterocycles. The Morgan fingerprint density at radius 3 is 2.03 bits per heavy atom. The zero-order chi connectivity index (χ0) is 22.4. The predicted molar refractivity (Wildman–Crippen MR) is 102 cm³/mol. The highest BCUT2D eigenvalue weighted by molar-refractivity contribution is 6.06. The first kappa shape index (κ1) is 21.8. The van der Waals surface area contributed by atoms with Gasteiger partial charge in [0.15, 0.2) is 0 Å². The number of nitrogens with one attached hydrogen (secondary N) is 2. The Kier molecular flexibility index (Phi) is 5.62. The van der Waals surface area contributed by atoms with Gasteiger partial charge in [0, 0.05) is 0 Å². The molecule has 1 saturated heterocycles. The SMILES string of the molecule is C[C@H](NC(=O)OC(C)(C)C)C(=O)N[C@@H](C)C(=O)ON1C(=O)[C@@H]2[C@H](C1=O)[C@@H]1C=C[C@H]2C1. The lowest BCUT2D eigenvalue weighted by molar-refractivity contribution is -0.200. The van der Waals surface area contributed by atoms with Gasteiger partial charge in [0.2, 0.25) is 5.91 Å². The van der Waals surface area contributed by atoms with Crippen LogP contribution in [0.2, 0.25) is 0 Å². The molecule has 3 rings (SSSR count). The molecule has 6 atom stereocenters. The number of fused-ring (bicyclic) bond motifs is 5. The fraction of sp³-hybridized carbons (Fsp3) is 0.650. The monoisotopic (exact) mass is 421 g/mol. The second-order valence-electron chi connectivity index (χ2n) is 8.98. The van der Waals surface area contributed by atoms with Crippen molar-refractivity contribution in [2.45, 2.75) is 58.7 Å². The van der Waals surface area contributed by atoms with E-state index in [1.165, 1.54) is 13.8 Å². The average Bonchev–Trinajstić information content (AvgIpc) is 3.29. The zero-order valence-electron chi connectivity index (χ0n) is 17.6. The molecule has 4 amide bonds. The van der Waals surface area contributed by atoms with Gasteiger partial charge >= 0.3 is 12.1 Å². The van der Waals surface area contributed by atoms with Crippen LogP contribution in [0.15, 0.2) is 12.2 Å². The highest BCUT2D eigenvalue weighted by Crippen LogP contribution is 2.52. The van der Waals surface area contributed by atoms with Crippen molar-refractivity contribution in [2.24, 2.45) is 23.7 Å². The van der Waals surface area contributed by atoms with Crippen molar-refractivity contribution >= 4 is 29.8 Å². The van der Waals surface area contributed by atoms with Crippen LogP contribution in [0.5, 0.6) is 0 Å². The highest BCUT2D eigenvalue weighted by atomic mass is 16.7. The number of alkyl carbamates (subject to hydrolysis) is 1. The van der Waals surface area contributed by atoms with Crippen molar-refractivity contribution in [3.8, 4) is 0 Å². The molecule has 0 aromatic carbocycles. The smallest absolute Gasteiger partial charge is 0.408 e. The largest absolute Gasteiger partial charge is 0.444 e. The average molecular weight is 421 g/mol. The molecular formula is C20H27N3O7. The number of hydroxylamine groups is 2. The van der Waals surface area contributed by atoms with E-state index in [9.17, 15) is 24.0 Å². The molecule has 1 saturated carbocycles. The van der Waals surface area contributed by atoms with E-state index in [-0.39, 0.29) is 11.8 Å². The van der Waals surface area contributed by atoms with E-state index in [1.807, 2.05) is 12.2 Å². The number of nitrogens with zero attached hydrogens (tertiary/aromatic N) is 1. The van der Waals surface area contributed by atoms with Crippen LogP contribution in [0.3, 0.4) is 0 Å². The Bertz CT molecular complexity index is 786. The Morgan fingerprint density at radius 2 is 1.53 bits per heavy atom. The number of imide groups is 1. The van der Waals surface area contributed by atoms with Gasteiger partial charge in [-0.15, -0.1) is 5.06 Å². The quantitative estimate of drug-likeness (QED) is 0.493. The van der Waals surface area contributed by atoms with Gasteiger partial charge in [-0.1, -0.05) is 12.2 Å². The third-order valence-electron chi connectivity index (χ3n) is 5.45. The van der Waals surface area contributed by atoms with Gasteiger partial charge < -0.3 is 20.2 Å². The van der Waals surface area contributed by atoms with E-state index in [2.05, 4.69) is 10.6 Å². The number of amides is 4. The number of ether oxygens (including phenoxy) is 1. The molecule has 0 spiro atoms. The minimum Gasteiger partial charge on any atom is -0.444 e. The summed E-state index contributed by atoms with van der Waals surface area (Å²) in [5, 5.41) is 5.28. The fourth-order valence-corrected chi connectivity index (χ4v) is 4.08. The maximum atomic E-state index is 12.6. The van der Waals surface area contributed by atoms with E-state index in [4.69, 9.17) is 9.57 Å². The minimum atomic E-state index is -1.14. The van der Waals surface area contributed by atoms with Gasteiger partial charge in [-0.25, -0.2) is 9.59 Å². The van der Waals surface area contributed by atoms with Gasteiger partial charge in [0.05, 0.1) is 11.8 Å². The molecule has 30 heavy (non-hydrogen) atoms. The summed E-state index contributed by atoms with van der Waals surface area (Å²) in [6.07, 6.45) is 3.86. The number of allylic oxidation sites excluding steroid dienone is 2. The van der Waals surface area contributed by atoms with Gasteiger partial charge in [-0.2, -0.15) is 0 Å². The van der Waals surface area contributed by atoms with Crippen molar-refractivity contribution in [3.63, 3.8) is 0 Å². The van der Waals surface area contributed by atoms with Crippen LogP contribution in [0.25, 0.3) is 0 Å². The molecule has 164 valence electrons. The van der Waals surface area contributed by atoms with E-state index in [0.717, 1.165) is 6.42 Å². The molecule has 3 aliphatic rings. The maximum Gasteiger partial charge on any atom is 0.408 e. The first-order chi connectivity index (χ1) is 13.9. The Morgan fingerprint density at radius 1 is 1.00 bits per heavy atom. The van der Waals surface area contributed by atoms with E-state index < -0.39 is 59.3 Å². The fourth-order valence-electron chi connectivity index (χ4n) is 4.08. The molecule has 2 aliphatic carbocycles. The molecule has 10 heteroatoms. The summed E-state index contributed by atoms with van der Waals surface area (Å²) < 4.78 is 5.07. The van der Waals surface area contributed by atoms with E-state index >= 15 is 0 Å². The summed E-state index contributed by atoms with van der Waals surface area (Å²) >= 11 is 0. The van der Waals surface area contributed by atoms with Gasteiger partial charge in [-0.05, 0) is 52.9 Å². The van der Waals surface area contributed by atoms with Crippen LogP contribution in [0, 0.1) is 23.7 Å². The molecule has 1 aliphatic heterocycles. The molecule has 0 radical (unpaired) electrons. The molecule has 10 nitrogen and oxygen atoms in total. The summed E-state index contributed by atoms with van der Waals surface area (Å²) in [6, 6.07) is -2.12. The lowest BCUT2D eigenvalue weighted by Crippen LogP contribution is -2.51. The van der Waals surface area contributed by atoms with Gasteiger partial charge in [-0.3, -0.25) is 14.4 Å². The lowest BCUT2D eigenvalue weighted by atomic mass is 9.85. The lowest BCUT2D eigenvalue weighted by Gasteiger charge is -2.23. The van der Waals surface area contributed by atoms with Crippen molar-refractivity contribution in [1.29, 1.82) is 0 Å². The van der Waals surface area contributed by atoms with Gasteiger partial charge in [0.1, 0.15) is 17.7 Å². The third-order valence-corrected chi connectivity index (χ3v) is 5.45. The second kappa shape index (κ2) is 7.73. The first-order valence-electron chi connectivity index (χ1n) is 9.97. The number of hydrogen-bond acceptors (Lipinski definition) is 7. The number of carbonyl (C=O) groups is 5. The summed E-state index contributed by atoms with van der Waals surface area (Å²) in [5.41, 5.74) is -0.723. The Balaban J connectivity index is 1.51. The van der Waals surface area contributed by atoms with E-state index in [0.29, 0.717) is 5.06 Å². The Hall–Kier alpha value is -2.91. The molecular weight excluding hydrogens is 394 g/mol. The zero-order valence-corrected chi connectivity index (χ0v) is 17.6. The third kappa shape index (κ3) is 4.17. The molecule has 0 aromatic heterocycles. The van der Waals surface area contributed by atoms with Crippen molar-refractivity contribution < 1.29 is 33.5 Å². The molecule has 2 N–H and O–H groups in total. The van der Waals surface area contributed by atoms with Crippen LogP contribution in [-0.4, -0.2) is 52.5 Å². The van der Waals surface area contributed by atoms with E-state index in [1.54, 1.807) is 20.8 Å². The minimum absolute atomic E-state index is 0.00273. The van der Waals surface area contributed by atoms with Crippen molar-refractivity contribution in [1.82, 2.24) is 15.7 Å². The highest BCUT2D eigenvalue weighted by Gasteiger charge is 2.61. The number of hydrogen-bond donors (Lipinski definition) is 2. The van der Waals surface area contributed by atoms with Crippen LogP contribution in [0.4, 0.5) is 4.79 Å². The standard InChI is InChI=1S/C20H27N3O7/c1-9(22-19(28)29-20(3,4)5)15(24)21-10(2)18(27)30-23-16(25)13-11-6-7-12(8-11)14(13)17(23)26/h6-7,9-14H,8H2,1-5H3,(H,21,24)(H,22,28)/t9-,10-,11-,12+,13-,14+/m0/s1. The summed E-state index contributed by atoms with van der Waals surface area (Å²) in [7, 11) is 0. The van der Waals surface area contributed by atoms with Crippen LogP contribution >= 0.6 is 0 Å². The Labute approximate surface area is 174 Å². The number of rotatable bonds is 5. The maximum absolute atomic E-state index is 12.6. The number of carbonyl (C=O) groups excluding carboxylic acids is 5.